The van der Waals surface area contributed by atoms with Gasteiger partial charge in [0.15, 0.2) is 0 Å². The van der Waals surface area contributed by atoms with Crippen LogP contribution in [0.4, 0.5) is 11.6 Å². The Labute approximate surface area is 201 Å². The molecule has 0 bridgehead atoms. The fraction of sp³-hybridized carbons (Fsp3) is 0.476. The molecule has 2 aliphatic heterocycles. The van der Waals surface area contributed by atoms with Gasteiger partial charge in [-0.15, -0.1) is 24.8 Å². The molecule has 1 amide bonds. The lowest BCUT2D eigenvalue weighted by Gasteiger charge is -2.36. The first-order valence-electron chi connectivity index (χ1n) is 10.2. The van der Waals surface area contributed by atoms with Crippen LogP contribution in [0, 0.1) is 20.8 Å². The number of sulfonamides is 1. The van der Waals surface area contributed by atoms with Crippen molar-refractivity contribution in [1.29, 1.82) is 0 Å². The predicted molar refractivity (Wildman–Crippen MR) is 131 cm³/mol. The number of hydrogen-bond donors (Lipinski definition) is 0. The highest BCUT2D eigenvalue weighted by molar-refractivity contribution is 7.93. The monoisotopic (exact) mass is 501 g/mol. The average molecular weight is 502 g/mol. The summed E-state index contributed by atoms with van der Waals surface area (Å²) in [6.07, 6.45) is 3.99. The van der Waals surface area contributed by atoms with Crippen molar-refractivity contribution in [2.75, 3.05) is 47.7 Å². The Hall–Kier alpha value is -2.10. The van der Waals surface area contributed by atoms with Gasteiger partial charge in [0.05, 0.1) is 11.3 Å². The first-order chi connectivity index (χ1) is 14.3. The Kier molecular flexibility index (Phi) is 8.36. The molecule has 4 rings (SSSR count). The van der Waals surface area contributed by atoms with Gasteiger partial charge in [-0.1, -0.05) is 6.07 Å². The second kappa shape index (κ2) is 10.2. The number of hydrogen-bond acceptors (Lipinski definition) is 6. The molecule has 4 heterocycles. The maximum absolute atomic E-state index is 13.1. The van der Waals surface area contributed by atoms with Crippen LogP contribution in [0.2, 0.25) is 0 Å². The van der Waals surface area contributed by atoms with E-state index in [1.807, 2.05) is 24.9 Å². The molecular weight excluding hydrogens is 473 g/mol. The van der Waals surface area contributed by atoms with Crippen LogP contribution < -0.4 is 9.21 Å². The SMILES string of the molecule is Cc1cnc(N2CCN(C(=O)c3cnc(N4CCCS4(=O)=O)cc3C)CC2)c(C)c1.Cl.Cl. The molecule has 8 nitrogen and oxygen atoms in total. The molecule has 0 saturated carbocycles. The van der Waals surface area contributed by atoms with E-state index in [9.17, 15) is 13.2 Å². The van der Waals surface area contributed by atoms with Gasteiger partial charge in [0, 0.05) is 45.1 Å². The van der Waals surface area contributed by atoms with Gasteiger partial charge < -0.3 is 9.80 Å². The highest BCUT2D eigenvalue weighted by Crippen LogP contribution is 2.25. The summed E-state index contributed by atoms with van der Waals surface area (Å²) in [6.45, 7) is 9.02. The van der Waals surface area contributed by atoms with Gasteiger partial charge in [-0.3, -0.25) is 9.10 Å². The van der Waals surface area contributed by atoms with Crippen LogP contribution in [0.25, 0.3) is 0 Å². The number of carbonyl (C=O) groups excluding carboxylic acids is 1. The zero-order valence-electron chi connectivity index (χ0n) is 18.4. The van der Waals surface area contributed by atoms with Crippen LogP contribution in [0.15, 0.2) is 24.5 Å². The third kappa shape index (κ3) is 5.10. The number of nitrogens with zero attached hydrogens (tertiary/aromatic N) is 5. The minimum Gasteiger partial charge on any atom is -0.353 e. The lowest BCUT2D eigenvalue weighted by Crippen LogP contribution is -2.49. The van der Waals surface area contributed by atoms with Crippen LogP contribution in [0.1, 0.15) is 33.5 Å². The number of aromatic nitrogens is 2. The summed E-state index contributed by atoms with van der Waals surface area (Å²) in [4.78, 5) is 26.0. The van der Waals surface area contributed by atoms with E-state index in [-0.39, 0.29) is 36.5 Å². The Bertz CT molecular complexity index is 1090. The highest BCUT2D eigenvalue weighted by atomic mass is 35.5. The molecule has 0 atom stereocenters. The van der Waals surface area contributed by atoms with Crippen molar-refractivity contribution in [3.63, 3.8) is 0 Å². The third-order valence-corrected chi connectivity index (χ3v) is 7.58. The van der Waals surface area contributed by atoms with E-state index in [4.69, 9.17) is 0 Å². The van der Waals surface area contributed by atoms with Gasteiger partial charge in [0.25, 0.3) is 5.91 Å². The molecule has 0 aliphatic carbocycles. The topological polar surface area (TPSA) is 86.7 Å². The van der Waals surface area contributed by atoms with Crippen molar-refractivity contribution in [2.45, 2.75) is 27.2 Å². The number of halogens is 2. The zero-order valence-corrected chi connectivity index (χ0v) is 20.9. The normalized spacial score (nSPS) is 17.5. The largest absolute Gasteiger partial charge is 0.353 e. The molecule has 2 aromatic rings. The molecule has 11 heteroatoms. The molecule has 32 heavy (non-hydrogen) atoms. The zero-order chi connectivity index (χ0) is 21.5. The Morgan fingerprint density at radius 2 is 1.59 bits per heavy atom. The van der Waals surface area contributed by atoms with Crippen molar-refractivity contribution in [3.05, 3.63) is 46.8 Å². The molecule has 0 N–H and O–H groups in total. The number of piperazine rings is 1. The predicted octanol–water partition coefficient (Wildman–Crippen LogP) is 2.75. The van der Waals surface area contributed by atoms with Crippen LogP contribution in [0.5, 0.6) is 0 Å². The summed E-state index contributed by atoms with van der Waals surface area (Å²) >= 11 is 0. The highest BCUT2D eigenvalue weighted by Gasteiger charge is 2.30. The molecule has 176 valence electrons. The maximum Gasteiger partial charge on any atom is 0.255 e. The van der Waals surface area contributed by atoms with Gasteiger partial charge in [-0.25, -0.2) is 18.4 Å². The number of pyridine rings is 2. The van der Waals surface area contributed by atoms with Crippen LogP contribution in [-0.2, 0) is 10.0 Å². The van der Waals surface area contributed by atoms with Gasteiger partial charge in [0.1, 0.15) is 11.6 Å². The number of amides is 1. The summed E-state index contributed by atoms with van der Waals surface area (Å²) in [5.74, 6) is 1.45. The summed E-state index contributed by atoms with van der Waals surface area (Å²) in [7, 11) is -3.29. The van der Waals surface area contributed by atoms with Crippen molar-refractivity contribution in [1.82, 2.24) is 14.9 Å². The third-order valence-electron chi connectivity index (χ3n) is 5.74. The Morgan fingerprint density at radius 1 is 0.906 bits per heavy atom. The molecule has 2 saturated heterocycles. The summed E-state index contributed by atoms with van der Waals surface area (Å²) in [5, 5.41) is 0. The lowest BCUT2D eigenvalue weighted by molar-refractivity contribution is 0.0745. The number of aryl methyl sites for hydroxylation is 3. The van der Waals surface area contributed by atoms with Crippen molar-refractivity contribution in [2.24, 2.45) is 0 Å². The minimum absolute atomic E-state index is 0. The Balaban J connectivity index is 0.00000181. The van der Waals surface area contributed by atoms with Gasteiger partial charge >= 0.3 is 0 Å². The number of anilines is 2. The summed E-state index contributed by atoms with van der Waals surface area (Å²) < 4.78 is 25.6. The molecule has 2 aromatic heterocycles. The summed E-state index contributed by atoms with van der Waals surface area (Å²) in [6, 6.07) is 3.82. The van der Waals surface area contributed by atoms with E-state index in [0.29, 0.717) is 37.4 Å². The van der Waals surface area contributed by atoms with Crippen molar-refractivity contribution in [3.8, 4) is 0 Å². The first kappa shape index (κ1) is 26.2. The van der Waals surface area contributed by atoms with E-state index in [2.05, 4.69) is 27.9 Å². The van der Waals surface area contributed by atoms with Gasteiger partial charge in [-0.2, -0.15) is 0 Å². The van der Waals surface area contributed by atoms with E-state index >= 15 is 0 Å². The van der Waals surface area contributed by atoms with Crippen LogP contribution in [0.3, 0.4) is 0 Å². The van der Waals surface area contributed by atoms with E-state index < -0.39 is 10.0 Å². The average Bonchev–Trinajstić information content (AvgIpc) is 3.06. The molecule has 0 unspecified atom stereocenters. The second-order valence-electron chi connectivity index (χ2n) is 8.03. The molecule has 0 aromatic carbocycles. The van der Waals surface area contributed by atoms with E-state index in [0.717, 1.165) is 35.6 Å². The fourth-order valence-corrected chi connectivity index (χ4v) is 5.64. The smallest absolute Gasteiger partial charge is 0.255 e. The van der Waals surface area contributed by atoms with Gasteiger partial charge in [0.2, 0.25) is 10.0 Å². The summed E-state index contributed by atoms with van der Waals surface area (Å²) in [5.41, 5.74) is 3.54. The fourth-order valence-electron chi connectivity index (χ4n) is 4.13. The van der Waals surface area contributed by atoms with Gasteiger partial charge in [-0.05, 0) is 49.9 Å². The molecular formula is C21H29Cl2N5O3S. The van der Waals surface area contributed by atoms with Crippen molar-refractivity contribution >= 4 is 52.4 Å². The van der Waals surface area contributed by atoms with Crippen molar-refractivity contribution < 1.29 is 13.2 Å². The second-order valence-corrected chi connectivity index (χ2v) is 10.0. The number of rotatable bonds is 3. The van der Waals surface area contributed by atoms with E-state index in [1.165, 1.54) is 10.5 Å². The lowest BCUT2D eigenvalue weighted by atomic mass is 10.1. The van der Waals surface area contributed by atoms with E-state index in [1.54, 1.807) is 6.07 Å². The molecule has 0 radical (unpaired) electrons. The first-order valence-corrected chi connectivity index (χ1v) is 11.8. The van der Waals surface area contributed by atoms with Crippen LogP contribution >= 0.6 is 24.8 Å². The number of carbonyl (C=O) groups is 1. The molecule has 2 fully saturated rings. The standard InChI is InChI=1S/C21H27N5O3S.2ClH/c1-15-11-17(3)20(23-13-15)24-6-8-25(9-7-24)21(27)18-14-22-19(12-16(18)2)26-5-4-10-30(26,28)29;;/h11-14H,4-10H2,1-3H3;2*1H. The Morgan fingerprint density at radius 3 is 2.16 bits per heavy atom. The van der Waals surface area contributed by atoms with Crippen LogP contribution in [-0.4, -0.2) is 67.7 Å². The maximum atomic E-state index is 13.1. The quantitative estimate of drug-likeness (QED) is 0.642. The molecule has 2 aliphatic rings. The minimum atomic E-state index is -3.29. The molecule has 0 spiro atoms.